The van der Waals surface area contributed by atoms with Crippen molar-refractivity contribution in [3.05, 3.63) is 52.9 Å². The third-order valence-corrected chi connectivity index (χ3v) is 3.28. The molecule has 2 heterocycles. The van der Waals surface area contributed by atoms with E-state index in [1.165, 1.54) is 18.5 Å². The molecule has 4 nitrogen and oxygen atoms in total. The van der Waals surface area contributed by atoms with Gasteiger partial charge in [0.05, 0.1) is 22.9 Å². The fourth-order valence-corrected chi connectivity index (χ4v) is 2.23. The number of aryl methyl sites for hydroxylation is 1. The number of aromatic nitrogens is 3. The molecule has 0 unspecified atom stereocenters. The second-order valence-electron chi connectivity index (χ2n) is 4.76. The number of ether oxygens (including phenoxy) is 1. The van der Waals surface area contributed by atoms with Gasteiger partial charge in [-0.25, -0.2) is 15.0 Å². The molecule has 3 rings (SSSR count). The molecule has 0 bridgehead atoms. The van der Waals surface area contributed by atoms with Crippen LogP contribution in [0, 0.1) is 6.92 Å². The van der Waals surface area contributed by atoms with Crippen LogP contribution in [0.25, 0.3) is 10.9 Å². The molecule has 0 fully saturated rings. The van der Waals surface area contributed by atoms with Crippen molar-refractivity contribution in [2.24, 2.45) is 0 Å². The molecule has 0 N–H and O–H groups in total. The summed E-state index contributed by atoms with van der Waals surface area (Å²) in [6, 6.07) is 5.69. The number of fused-ring (bicyclic) bond motifs is 1. The van der Waals surface area contributed by atoms with E-state index >= 15 is 0 Å². The van der Waals surface area contributed by atoms with Crippen molar-refractivity contribution < 1.29 is 17.9 Å². The zero-order valence-corrected chi connectivity index (χ0v) is 12.5. The topological polar surface area (TPSA) is 47.9 Å². The normalized spacial score (nSPS) is 11.7. The highest BCUT2D eigenvalue weighted by molar-refractivity contribution is 6.30. The number of rotatable bonds is 2. The third kappa shape index (κ3) is 3.19. The van der Waals surface area contributed by atoms with Gasteiger partial charge in [-0.1, -0.05) is 17.7 Å². The Kier molecular flexibility index (Phi) is 3.81. The summed E-state index contributed by atoms with van der Waals surface area (Å²) in [5.41, 5.74) is -0.363. The molecule has 0 saturated heterocycles. The molecule has 118 valence electrons. The molecule has 0 aliphatic rings. The van der Waals surface area contributed by atoms with Gasteiger partial charge in [-0.05, 0) is 30.7 Å². The molecule has 3 aromatic rings. The van der Waals surface area contributed by atoms with Crippen LogP contribution in [0.15, 0.2) is 36.7 Å². The average molecular weight is 340 g/mol. The molecular formula is C15H9ClF3N3O. The van der Waals surface area contributed by atoms with Crippen LogP contribution in [0.3, 0.4) is 0 Å². The smallest absolute Gasteiger partial charge is 0.424 e. The lowest BCUT2D eigenvalue weighted by atomic mass is 10.1. The maximum Gasteiger partial charge on any atom is 0.433 e. The summed E-state index contributed by atoms with van der Waals surface area (Å²) in [4.78, 5) is 11.5. The number of hydrogen-bond donors (Lipinski definition) is 0. The fraction of sp³-hybridized carbons (Fsp3) is 0.133. The van der Waals surface area contributed by atoms with E-state index < -0.39 is 11.9 Å². The second kappa shape index (κ2) is 5.66. The minimum absolute atomic E-state index is 0.0428. The van der Waals surface area contributed by atoms with Crippen LogP contribution in [-0.4, -0.2) is 15.0 Å². The molecule has 0 radical (unpaired) electrons. The van der Waals surface area contributed by atoms with E-state index in [1.807, 2.05) is 0 Å². The SMILES string of the molecule is Cc1cc(C(F)(F)F)nc2cccc(Oc3ncc(Cl)cn3)c12. The van der Waals surface area contributed by atoms with E-state index in [1.54, 1.807) is 19.1 Å². The molecule has 0 aliphatic carbocycles. The summed E-state index contributed by atoms with van der Waals surface area (Å²) in [5, 5.41) is 0.821. The number of hydrogen-bond acceptors (Lipinski definition) is 4. The lowest BCUT2D eigenvalue weighted by molar-refractivity contribution is -0.141. The van der Waals surface area contributed by atoms with Gasteiger partial charge >= 0.3 is 12.2 Å². The van der Waals surface area contributed by atoms with E-state index in [9.17, 15) is 13.2 Å². The van der Waals surface area contributed by atoms with Crippen LogP contribution in [0.2, 0.25) is 5.02 Å². The summed E-state index contributed by atoms with van der Waals surface area (Å²) in [7, 11) is 0. The van der Waals surface area contributed by atoms with Gasteiger partial charge in [-0.2, -0.15) is 13.2 Å². The monoisotopic (exact) mass is 339 g/mol. The first-order chi connectivity index (χ1) is 10.8. The average Bonchev–Trinajstić information content (AvgIpc) is 2.48. The van der Waals surface area contributed by atoms with Crippen molar-refractivity contribution in [2.75, 3.05) is 0 Å². The van der Waals surface area contributed by atoms with Crippen molar-refractivity contribution in [2.45, 2.75) is 13.1 Å². The van der Waals surface area contributed by atoms with Crippen LogP contribution in [0.4, 0.5) is 13.2 Å². The maximum absolute atomic E-state index is 12.9. The number of pyridine rings is 1. The molecule has 0 atom stereocenters. The summed E-state index contributed by atoms with van der Waals surface area (Å²) in [6.07, 6.45) is -1.78. The number of halogens is 4. The molecule has 2 aromatic heterocycles. The van der Waals surface area contributed by atoms with Gasteiger partial charge in [0.25, 0.3) is 0 Å². The number of benzene rings is 1. The standard InChI is InChI=1S/C15H9ClF3N3O/c1-8-5-12(15(17,18)19)22-10-3-2-4-11(13(8)10)23-14-20-6-9(16)7-21-14/h2-7H,1H3. The Hall–Kier alpha value is -2.41. The van der Waals surface area contributed by atoms with Crippen LogP contribution < -0.4 is 4.74 Å². The van der Waals surface area contributed by atoms with Crippen LogP contribution in [-0.2, 0) is 6.18 Å². The molecule has 1 aromatic carbocycles. The predicted octanol–water partition coefficient (Wildman–Crippen LogP) is 4.80. The fourth-order valence-electron chi connectivity index (χ4n) is 2.13. The van der Waals surface area contributed by atoms with Gasteiger partial charge in [0, 0.05) is 5.39 Å². The molecule has 0 spiro atoms. The van der Waals surface area contributed by atoms with Crippen molar-refractivity contribution in [1.29, 1.82) is 0 Å². The number of nitrogens with zero attached hydrogens (tertiary/aromatic N) is 3. The summed E-state index contributed by atoms with van der Waals surface area (Å²) in [6.45, 7) is 1.56. The van der Waals surface area contributed by atoms with Gasteiger partial charge < -0.3 is 4.74 Å². The Morgan fingerprint density at radius 2 is 1.83 bits per heavy atom. The molecule has 8 heteroatoms. The quantitative estimate of drug-likeness (QED) is 0.673. The highest BCUT2D eigenvalue weighted by Crippen LogP contribution is 2.35. The van der Waals surface area contributed by atoms with Crippen molar-refractivity contribution >= 4 is 22.5 Å². The Morgan fingerprint density at radius 1 is 1.13 bits per heavy atom. The summed E-state index contributed by atoms with van der Waals surface area (Å²) < 4.78 is 44.1. The van der Waals surface area contributed by atoms with Gasteiger partial charge in [0.2, 0.25) is 0 Å². The minimum Gasteiger partial charge on any atom is -0.424 e. The Bertz CT molecular complexity index is 866. The van der Waals surface area contributed by atoms with E-state index in [0.717, 1.165) is 6.07 Å². The lowest BCUT2D eigenvalue weighted by Gasteiger charge is -2.12. The van der Waals surface area contributed by atoms with Crippen molar-refractivity contribution in [3.63, 3.8) is 0 Å². The van der Waals surface area contributed by atoms with Crippen molar-refractivity contribution in [3.8, 4) is 11.8 Å². The second-order valence-corrected chi connectivity index (χ2v) is 5.19. The first-order valence-electron chi connectivity index (χ1n) is 6.47. The van der Waals surface area contributed by atoms with E-state index in [2.05, 4.69) is 15.0 Å². The summed E-state index contributed by atoms with van der Waals surface area (Å²) in [5.74, 6) is 0.323. The third-order valence-electron chi connectivity index (χ3n) is 3.08. The van der Waals surface area contributed by atoms with Gasteiger partial charge in [-0.15, -0.1) is 0 Å². The first-order valence-corrected chi connectivity index (χ1v) is 6.85. The van der Waals surface area contributed by atoms with Gasteiger partial charge in [0.15, 0.2) is 0 Å². The largest absolute Gasteiger partial charge is 0.433 e. The highest BCUT2D eigenvalue weighted by atomic mass is 35.5. The molecular weight excluding hydrogens is 331 g/mol. The van der Waals surface area contributed by atoms with Crippen molar-refractivity contribution in [1.82, 2.24) is 15.0 Å². The first kappa shape index (κ1) is 15.5. The Balaban J connectivity index is 2.10. The van der Waals surface area contributed by atoms with Crippen LogP contribution in [0.5, 0.6) is 11.8 Å². The summed E-state index contributed by atoms with van der Waals surface area (Å²) >= 11 is 5.70. The van der Waals surface area contributed by atoms with Gasteiger partial charge in [0.1, 0.15) is 11.4 Å². The zero-order valence-electron chi connectivity index (χ0n) is 11.7. The minimum atomic E-state index is -4.50. The Labute approximate surface area is 133 Å². The Morgan fingerprint density at radius 3 is 2.48 bits per heavy atom. The predicted molar refractivity (Wildman–Crippen MR) is 78.6 cm³/mol. The molecule has 23 heavy (non-hydrogen) atoms. The van der Waals surface area contributed by atoms with Crippen LogP contribution in [0.1, 0.15) is 11.3 Å². The molecule has 0 amide bonds. The molecule has 0 aliphatic heterocycles. The van der Waals surface area contributed by atoms with E-state index in [0.29, 0.717) is 21.7 Å². The number of alkyl halides is 3. The highest BCUT2D eigenvalue weighted by Gasteiger charge is 2.33. The van der Waals surface area contributed by atoms with E-state index in [4.69, 9.17) is 16.3 Å². The zero-order chi connectivity index (χ0) is 16.6. The molecule has 0 saturated carbocycles. The van der Waals surface area contributed by atoms with Crippen LogP contribution >= 0.6 is 11.6 Å². The van der Waals surface area contributed by atoms with E-state index in [-0.39, 0.29) is 11.5 Å². The van der Waals surface area contributed by atoms with Gasteiger partial charge in [-0.3, -0.25) is 0 Å². The lowest BCUT2D eigenvalue weighted by Crippen LogP contribution is -2.08. The maximum atomic E-state index is 12.9.